The molecule has 0 fully saturated rings. The van der Waals surface area contributed by atoms with Gasteiger partial charge in [-0.15, -0.1) is 0 Å². The van der Waals surface area contributed by atoms with Crippen molar-refractivity contribution in [2.24, 2.45) is 0 Å². The van der Waals surface area contributed by atoms with E-state index < -0.39 is 0 Å². The van der Waals surface area contributed by atoms with Crippen molar-refractivity contribution in [3.05, 3.63) is 82.1 Å². The molecule has 0 bridgehead atoms. The summed E-state index contributed by atoms with van der Waals surface area (Å²) in [5.41, 5.74) is 2.02. The largest absolute Gasteiger partial charge is 0.329 e. The molecule has 0 saturated heterocycles. The number of carbonyl (C=O) groups is 2. The van der Waals surface area contributed by atoms with Gasteiger partial charge in [-0.2, -0.15) is 5.10 Å². The molecular weight excluding hydrogens is 423 g/mol. The zero-order valence-electron chi connectivity index (χ0n) is 16.5. The first-order chi connectivity index (χ1) is 14.5. The minimum atomic E-state index is -0.323. The van der Waals surface area contributed by atoms with Crippen LogP contribution in [-0.4, -0.2) is 39.6 Å². The van der Waals surface area contributed by atoms with E-state index in [1.165, 1.54) is 4.90 Å². The van der Waals surface area contributed by atoms with Gasteiger partial charge in [-0.1, -0.05) is 42.3 Å². The van der Waals surface area contributed by atoms with Crippen molar-refractivity contribution >= 4 is 40.7 Å². The number of hydrogen-bond acceptors (Lipinski definition) is 3. The van der Waals surface area contributed by atoms with Crippen molar-refractivity contribution in [1.82, 2.24) is 14.7 Å². The van der Waals surface area contributed by atoms with E-state index in [4.69, 9.17) is 23.2 Å². The van der Waals surface area contributed by atoms with Crippen LogP contribution >= 0.6 is 23.2 Å². The molecule has 0 aliphatic carbocycles. The molecule has 0 aliphatic rings. The van der Waals surface area contributed by atoms with E-state index in [9.17, 15) is 9.59 Å². The molecule has 0 saturated carbocycles. The lowest BCUT2D eigenvalue weighted by Crippen LogP contribution is -2.38. The van der Waals surface area contributed by atoms with E-state index in [2.05, 4.69) is 10.4 Å². The van der Waals surface area contributed by atoms with E-state index >= 15 is 0 Å². The molecule has 1 aromatic heterocycles. The second kappa shape index (κ2) is 10.3. The molecule has 156 valence electrons. The Hall–Kier alpha value is -2.83. The van der Waals surface area contributed by atoms with Crippen LogP contribution in [0.2, 0.25) is 10.0 Å². The van der Waals surface area contributed by atoms with Gasteiger partial charge in [0.2, 0.25) is 5.91 Å². The van der Waals surface area contributed by atoms with Crippen LogP contribution in [0.4, 0.5) is 5.69 Å². The van der Waals surface area contributed by atoms with Gasteiger partial charge >= 0.3 is 0 Å². The van der Waals surface area contributed by atoms with E-state index in [1.54, 1.807) is 36.5 Å². The van der Waals surface area contributed by atoms with Crippen molar-refractivity contribution in [3.8, 4) is 0 Å². The maximum absolute atomic E-state index is 12.9. The quantitative estimate of drug-likeness (QED) is 0.545. The Morgan fingerprint density at radius 2 is 1.90 bits per heavy atom. The van der Waals surface area contributed by atoms with Crippen LogP contribution in [-0.2, 0) is 11.3 Å². The maximum atomic E-state index is 12.9. The van der Waals surface area contributed by atoms with Gasteiger partial charge < -0.3 is 10.2 Å². The van der Waals surface area contributed by atoms with E-state index in [0.29, 0.717) is 34.4 Å². The normalized spacial score (nSPS) is 10.6. The Bertz CT molecular complexity index is 1000. The highest BCUT2D eigenvalue weighted by atomic mass is 35.5. The van der Waals surface area contributed by atoms with Gasteiger partial charge in [0.25, 0.3) is 5.91 Å². The highest BCUT2D eigenvalue weighted by Crippen LogP contribution is 2.25. The molecular formula is C22H22Cl2N4O2. The predicted molar refractivity (Wildman–Crippen MR) is 119 cm³/mol. The number of carbonyl (C=O) groups excluding carboxylic acids is 2. The molecule has 3 aromatic rings. The summed E-state index contributed by atoms with van der Waals surface area (Å²) in [7, 11) is 0. The van der Waals surface area contributed by atoms with Crippen LogP contribution in [0.15, 0.2) is 60.9 Å². The van der Waals surface area contributed by atoms with Crippen LogP contribution in [0.3, 0.4) is 0 Å². The van der Waals surface area contributed by atoms with Crippen molar-refractivity contribution in [2.45, 2.75) is 19.9 Å². The monoisotopic (exact) mass is 444 g/mol. The Balaban J connectivity index is 1.65. The van der Waals surface area contributed by atoms with Gasteiger partial charge in [0, 0.05) is 29.5 Å². The minimum absolute atomic E-state index is 0.0688. The van der Waals surface area contributed by atoms with Crippen LogP contribution in [0.25, 0.3) is 0 Å². The van der Waals surface area contributed by atoms with Crippen LogP contribution in [0.1, 0.15) is 29.3 Å². The fraction of sp³-hybridized carbons (Fsp3) is 0.227. The average molecular weight is 445 g/mol. The van der Waals surface area contributed by atoms with Gasteiger partial charge in [0.1, 0.15) is 6.54 Å². The number of nitrogens with one attached hydrogen (secondary N) is 1. The zero-order valence-corrected chi connectivity index (χ0v) is 18.0. The van der Waals surface area contributed by atoms with Gasteiger partial charge in [0.15, 0.2) is 0 Å². The van der Waals surface area contributed by atoms with E-state index in [0.717, 1.165) is 12.0 Å². The first-order valence-electron chi connectivity index (χ1n) is 9.57. The number of aromatic nitrogens is 2. The SMILES string of the molecule is CCCN(CC(=O)Nc1ccc(Cl)cc1Cl)C(=O)c1ccc(Cn2cccn2)cc1. The molecule has 8 heteroatoms. The summed E-state index contributed by atoms with van der Waals surface area (Å²) < 4.78 is 1.81. The summed E-state index contributed by atoms with van der Waals surface area (Å²) in [6, 6.07) is 14.0. The topological polar surface area (TPSA) is 67.2 Å². The highest BCUT2D eigenvalue weighted by molar-refractivity contribution is 6.36. The molecule has 0 atom stereocenters. The number of hydrogen-bond donors (Lipinski definition) is 1. The summed E-state index contributed by atoms with van der Waals surface area (Å²) in [4.78, 5) is 27.0. The van der Waals surface area contributed by atoms with E-state index in [-0.39, 0.29) is 18.4 Å². The smallest absolute Gasteiger partial charge is 0.254 e. The van der Waals surface area contributed by atoms with Crippen LogP contribution in [0.5, 0.6) is 0 Å². The molecule has 30 heavy (non-hydrogen) atoms. The summed E-state index contributed by atoms with van der Waals surface area (Å²) in [5.74, 6) is -0.517. The Morgan fingerprint density at radius 1 is 1.13 bits per heavy atom. The highest BCUT2D eigenvalue weighted by Gasteiger charge is 2.19. The van der Waals surface area contributed by atoms with Gasteiger partial charge in [0.05, 0.1) is 17.3 Å². The first kappa shape index (κ1) is 21.9. The third kappa shape index (κ3) is 5.84. The third-order valence-electron chi connectivity index (χ3n) is 4.43. The minimum Gasteiger partial charge on any atom is -0.329 e. The number of anilines is 1. The molecule has 0 aliphatic heterocycles. The Morgan fingerprint density at radius 3 is 2.53 bits per heavy atom. The summed E-state index contributed by atoms with van der Waals surface area (Å²) in [6.07, 6.45) is 4.34. The molecule has 3 rings (SSSR count). The molecule has 0 radical (unpaired) electrons. The van der Waals surface area contributed by atoms with Crippen molar-refractivity contribution < 1.29 is 9.59 Å². The van der Waals surface area contributed by atoms with Crippen LogP contribution < -0.4 is 5.32 Å². The second-order valence-corrected chi connectivity index (χ2v) is 7.64. The molecule has 1 N–H and O–H groups in total. The first-order valence-corrected chi connectivity index (χ1v) is 10.3. The lowest BCUT2D eigenvalue weighted by molar-refractivity contribution is -0.116. The number of benzene rings is 2. The molecule has 1 heterocycles. The van der Waals surface area contributed by atoms with Gasteiger partial charge in [-0.3, -0.25) is 14.3 Å². The predicted octanol–water partition coefficient (Wildman–Crippen LogP) is 4.73. The second-order valence-electron chi connectivity index (χ2n) is 6.80. The van der Waals surface area contributed by atoms with Gasteiger partial charge in [-0.25, -0.2) is 0 Å². The van der Waals surface area contributed by atoms with E-state index in [1.807, 2.05) is 36.0 Å². The molecule has 0 unspecified atom stereocenters. The van der Waals surface area contributed by atoms with Crippen molar-refractivity contribution in [1.29, 1.82) is 0 Å². The molecule has 6 nitrogen and oxygen atoms in total. The standard InChI is InChI=1S/C22H22Cl2N4O2/c1-2-11-27(15-21(29)26-20-9-8-18(23)13-19(20)24)22(30)17-6-4-16(5-7-17)14-28-12-3-10-25-28/h3-10,12-13H,2,11,14-15H2,1H3,(H,26,29). The average Bonchev–Trinajstić information content (AvgIpc) is 3.23. The van der Waals surface area contributed by atoms with Crippen LogP contribution in [0, 0.1) is 0 Å². The molecule has 2 amide bonds. The summed E-state index contributed by atoms with van der Waals surface area (Å²) in [6.45, 7) is 2.99. The number of halogens is 2. The molecule has 2 aromatic carbocycles. The summed E-state index contributed by atoms with van der Waals surface area (Å²) in [5, 5.41) is 7.74. The maximum Gasteiger partial charge on any atom is 0.254 e. The molecule has 0 spiro atoms. The van der Waals surface area contributed by atoms with Gasteiger partial charge in [-0.05, 0) is 48.4 Å². The fourth-order valence-corrected chi connectivity index (χ4v) is 3.45. The lowest BCUT2D eigenvalue weighted by atomic mass is 10.1. The van der Waals surface area contributed by atoms with Crippen molar-refractivity contribution in [2.75, 3.05) is 18.4 Å². The zero-order chi connectivity index (χ0) is 21.5. The summed E-state index contributed by atoms with van der Waals surface area (Å²) >= 11 is 12.0. The lowest BCUT2D eigenvalue weighted by Gasteiger charge is -2.22. The number of rotatable bonds is 8. The Labute approximate surface area is 185 Å². The number of amides is 2. The third-order valence-corrected chi connectivity index (χ3v) is 4.97. The van der Waals surface area contributed by atoms with Crippen molar-refractivity contribution in [3.63, 3.8) is 0 Å². The Kier molecular flexibility index (Phi) is 7.49. The number of nitrogens with zero attached hydrogens (tertiary/aromatic N) is 3. The fourth-order valence-electron chi connectivity index (χ4n) is 2.99.